The highest BCUT2D eigenvalue weighted by molar-refractivity contribution is 5.74. The van der Waals surface area contributed by atoms with Gasteiger partial charge in [-0.2, -0.15) is 10.1 Å². The monoisotopic (exact) mass is 416 g/mol. The Morgan fingerprint density at radius 2 is 1.61 bits per heavy atom. The molecule has 0 aliphatic rings. The van der Waals surface area contributed by atoms with E-state index in [2.05, 4.69) is 15.2 Å². The molecule has 0 aliphatic carbocycles. The van der Waals surface area contributed by atoms with Crippen LogP contribution in [0.3, 0.4) is 0 Å². The van der Waals surface area contributed by atoms with Gasteiger partial charge in [0.05, 0.1) is 12.2 Å². The van der Waals surface area contributed by atoms with Crippen LogP contribution in [0.5, 0.6) is 0 Å². The fourth-order valence-corrected chi connectivity index (χ4v) is 3.59. The van der Waals surface area contributed by atoms with E-state index in [1.807, 2.05) is 31.3 Å². The summed E-state index contributed by atoms with van der Waals surface area (Å²) in [5.41, 5.74) is 10.1. The van der Waals surface area contributed by atoms with Crippen LogP contribution < -0.4 is 5.73 Å². The van der Waals surface area contributed by atoms with Crippen LogP contribution in [0.1, 0.15) is 18.5 Å². The van der Waals surface area contributed by atoms with Gasteiger partial charge >= 0.3 is 0 Å². The molecule has 0 amide bonds. The summed E-state index contributed by atoms with van der Waals surface area (Å²) >= 11 is 0. The first-order valence-corrected chi connectivity index (χ1v) is 9.69. The lowest BCUT2D eigenvalue weighted by Gasteiger charge is -2.12. The van der Waals surface area contributed by atoms with Gasteiger partial charge in [-0.25, -0.2) is 13.3 Å². The van der Waals surface area contributed by atoms with Crippen LogP contribution in [0, 0.1) is 11.6 Å². The van der Waals surface area contributed by atoms with Crippen LogP contribution in [0.15, 0.2) is 73.2 Å². The molecule has 5 rings (SSSR count). The third-order valence-corrected chi connectivity index (χ3v) is 5.27. The first-order valence-electron chi connectivity index (χ1n) is 9.69. The summed E-state index contributed by atoms with van der Waals surface area (Å²) in [6.45, 7) is 1.97. The van der Waals surface area contributed by atoms with Crippen molar-refractivity contribution in [3.05, 3.63) is 90.4 Å². The van der Waals surface area contributed by atoms with E-state index < -0.39 is 0 Å². The first kappa shape index (κ1) is 18.9. The highest BCUT2D eigenvalue weighted by atomic mass is 19.1. The average Bonchev–Trinajstić information content (AvgIpc) is 3.39. The number of fused-ring (bicyclic) bond motifs is 1. The molecular weight excluding hydrogens is 398 g/mol. The van der Waals surface area contributed by atoms with Gasteiger partial charge in [0, 0.05) is 18.0 Å². The molecule has 1 unspecified atom stereocenters. The lowest BCUT2D eigenvalue weighted by atomic mass is 10.0. The molecule has 0 saturated carbocycles. The van der Waals surface area contributed by atoms with Gasteiger partial charge < -0.3 is 5.73 Å². The Bertz CT molecular complexity index is 1390. The number of nitrogens with two attached hydrogens (primary N) is 1. The Morgan fingerprint density at radius 3 is 2.39 bits per heavy atom. The van der Waals surface area contributed by atoms with Gasteiger partial charge in [0.1, 0.15) is 11.6 Å². The molecule has 8 heteroatoms. The minimum atomic E-state index is -0.354. The van der Waals surface area contributed by atoms with Gasteiger partial charge in [-0.05, 0) is 71.6 Å². The number of anilines is 1. The number of nitrogens with zero attached hydrogens (tertiary/aromatic N) is 5. The van der Waals surface area contributed by atoms with E-state index in [-0.39, 0.29) is 23.6 Å². The molecule has 1 atom stereocenters. The summed E-state index contributed by atoms with van der Waals surface area (Å²) in [4.78, 5) is 4.16. The number of pyridine rings is 1. The number of halogens is 2. The molecule has 3 aromatic heterocycles. The second-order valence-corrected chi connectivity index (χ2v) is 7.35. The van der Waals surface area contributed by atoms with Crippen molar-refractivity contribution in [2.75, 3.05) is 5.73 Å². The summed E-state index contributed by atoms with van der Waals surface area (Å²) in [6, 6.07) is 14.7. The van der Waals surface area contributed by atoms with E-state index in [0.717, 1.165) is 16.7 Å². The zero-order valence-electron chi connectivity index (χ0n) is 16.6. The summed E-state index contributed by atoms with van der Waals surface area (Å²) in [6.07, 6.45) is 5.29. The molecule has 2 N–H and O–H groups in total. The second kappa shape index (κ2) is 7.32. The van der Waals surface area contributed by atoms with Crippen LogP contribution in [0.25, 0.3) is 27.9 Å². The Hall–Kier alpha value is -4.07. The topological polar surface area (TPSA) is 74.0 Å². The lowest BCUT2D eigenvalue weighted by Crippen LogP contribution is -2.06. The normalized spacial score (nSPS) is 12.4. The van der Waals surface area contributed by atoms with Crippen molar-refractivity contribution in [1.29, 1.82) is 0 Å². The smallest absolute Gasteiger partial charge is 0.240 e. The summed E-state index contributed by atoms with van der Waals surface area (Å²) < 4.78 is 31.0. The van der Waals surface area contributed by atoms with E-state index in [1.165, 1.54) is 24.3 Å². The maximum atomic E-state index is 14.5. The van der Waals surface area contributed by atoms with Crippen molar-refractivity contribution in [2.24, 2.45) is 0 Å². The molecule has 0 bridgehead atoms. The van der Waals surface area contributed by atoms with Gasteiger partial charge in [-0.3, -0.25) is 4.68 Å². The molecule has 0 saturated heterocycles. The van der Waals surface area contributed by atoms with Crippen LogP contribution in [-0.4, -0.2) is 24.4 Å². The van der Waals surface area contributed by atoms with Crippen LogP contribution in [0.4, 0.5) is 14.7 Å². The summed E-state index contributed by atoms with van der Waals surface area (Å²) in [5, 5.41) is 8.49. The molecule has 3 heterocycles. The molecule has 0 spiro atoms. The van der Waals surface area contributed by atoms with Gasteiger partial charge in [-0.15, -0.1) is 5.10 Å². The molecule has 5 aromatic rings. The summed E-state index contributed by atoms with van der Waals surface area (Å²) in [7, 11) is 0. The second-order valence-electron chi connectivity index (χ2n) is 7.35. The van der Waals surface area contributed by atoms with Gasteiger partial charge in [-0.1, -0.05) is 12.1 Å². The molecular formula is C23H18F2N6. The van der Waals surface area contributed by atoms with E-state index in [0.29, 0.717) is 16.8 Å². The molecule has 0 fully saturated rings. The quantitative estimate of drug-likeness (QED) is 0.460. The zero-order valence-corrected chi connectivity index (χ0v) is 16.6. The largest absolute Gasteiger partial charge is 0.366 e. The maximum absolute atomic E-state index is 14.5. The Kier molecular flexibility index (Phi) is 4.47. The highest BCUT2D eigenvalue weighted by Crippen LogP contribution is 2.29. The SMILES string of the molecule is CC(c1ccc(F)cc1)n1cc(-c2cc(F)cc(-c3ccn4nc(N)nc4c3)c2)cn1. The fourth-order valence-electron chi connectivity index (χ4n) is 3.59. The Labute approximate surface area is 176 Å². The standard InChI is InChI=1S/C23H18F2N6/c1-14(15-2-4-20(24)5-3-15)31-13-19(12-27-31)18-8-17(9-21(25)10-18)16-6-7-30-22(11-16)28-23(26)29-30/h2-14H,1H3,(H2,26,29). The van der Waals surface area contributed by atoms with E-state index in [9.17, 15) is 8.78 Å². The van der Waals surface area contributed by atoms with E-state index in [4.69, 9.17) is 5.73 Å². The molecule has 0 radical (unpaired) electrons. The van der Waals surface area contributed by atoms with Crippen molar-refractivity contribution in [2.45, 2.75) is 13.0 Å². The molecule has 31 heavy (non-hydrogen) atoms. The van der Waals surface area contributed by atoms with Crippen LogP contribution in [-0.2, 0) is 0 Å². The lowest BCUT2D eigenvalue weighted by molar-refractivity contribution is 0.561. The third kappa shape index (κ3) is 3.63. The zero-order chi connectivity index (χ0) is 21.5. The third-order valence-electron chi connectivity index (χ3n) is 5.27. The highest BCUT2D eigenvalue weighted by Gasteiger charge is 2.13. The Balaban J connectivity index is 1.49. The number of hydrogen-bond donors (Lipinski definition) is 1. The minimum absolute atomic E-state index is 0.0943. The average molecular weight is 416 g/mol. The predicted octanol–water partition coefficient (Wildman–Crippen LogP) is 4.73. The predicted molar refractivity (Wildman–Crippen MR) is 114 cm³/mol. The Morgan fingerprint density at radius 1 is 0.871 bits per heavy atom. The number of hydrogen-bond acceptors (Lipinski definition) is 4. The number of nitrogen functional groups attached to an aromatic ring is 1. The number of benzene rings is 2. The van der Waals surface area contributed by atoms with Crippen molar-refractivity contribution < 1.29 is 8.78 Å². The fraction of sp³-hybridized carbons (Fsp3) is 0.0870. The van der Waals surface area contributed by atoms with Crippen molar-refractivity contribution in [3.63, 3.8) is 0 Å². The van der Waals surface area contributed by atoms with Gasteiger partial charge in [0.15, 0.2) is 5.65 Å². The molecule has 154 valence electrons. The summed E-state index contributed by atoms with van der Waals surface area (Å²) in [5.74, 6) is -0.455. The van der Waals surface area contributed by atoms with Crippen molar-refractivity contribution in [1.82, 2.24) is 24.4 Å². The first-order chi connectivity index (χ1) is 15.0. The van der Waals surface area contributed by atoms with Crippen LogP contribution in [0.2, 0.25) is 0 Å². The van der Waals surface area contributed by atoms with E-state index >= 15 is 0 Å². The molecule has 0 aliphatic heterocycles. The number of rotatable bonds is 4. The molecule has 6 nitrogen and oxygen atoms in total. The van der Waals surface area contributed by atoms with E-state index in [1.54, 1.807) is 33.7 Å². The minimum Gasteiger partial charge on any atom is -0.366 e. The number of aromatic nitrogens is 5. The molecule has 2 aromatic carbocycles. The van der Waals surface area contributed by atoms with Crippen molar-refractivity contribution >= 4 is 11.6 Å². The maximum Gasteiger partial charge on any atom is 0.240 e. The van der Waals surface area contributed by atoms with Gasteiger partial charge in [0.2, 0.25) is 5.95 Å². The van der Waals surface area contributed by atoms with Gasteiger partial charge in [0.25, 0.3) is 0 Å². The van der Waals surface area contributed by atoms with Crippen LogP contribution >= 0.6 is 0 Å². The van der Waals surface area contributed by atoms with Crippen molar-refractivity contribution in [3.8, 4) is 22.3 Å².